The van der Waals surface area contributed by atoms with Crippen LogP contribution in [0.25, 0.3) is 0 Å². The Kier molecular flexibility index (Phi) is 5.81. The van der Waals surface area contributed by atoms with Gasteiger partial charge in [-0.3, -0.25) is 9.59 Å². The van der Waals surface area contributed by atoms with Gasteiger partial charge in [0.2, 0.25) is 0 Å². The van der Waals surface area contributed by atoms with Crippen molar-refractivity contribution in [1.29, 1.82) is 0 Å². The van der Waals surface area contributed by atoms with E-state index in [1.807, 2.05) is 24.3 Å². The lowest BCUT2D eigenvalue weighted by Crippen LogP contribution is -2.49. The minimum atomic E-state index is -0.348. The molecule has 0 saturated carbocycles. The zero-order valence-corrected chi connectivity index (χ0v) is 16.9. The van der Waals surface area contributed by atoms with Crippen LogP contribution in [0.5, 0.6) is 0 Å². The van der Waals surface area contributed by atoms with E-state index in [-0.39, 0.29) is 29.5 Å². The van der Waals surface area contributed by atoms with Gasteiger partial charge >= 0.3 is 0 Å². The summed E-state index contributed by atoms with van der Waals surface area (Å²) in [4.78, 5) is 29.0. The fourth-order valence-corrected chi connectivity index (χ4v) is 3.71. The third kappa shape index (κ3) is 4.36. The first-order chi connectivity index (χ1) is 14.5. The molecule has 0 bridgehead atoms. The van der Waals surface area contributed by atoms with Crippen molar-refractivity contribution in [3.8, 4) is 0 Å². The molecule has 0 unspecified atom stereocenters. The molecule has 30 heavy (non-hydrogen) atoms. The average molecular weight is 427 g/mol. The van der Waals surface area contributed by atoms with Gasteiger partial charge in [-0.1, -0.05) is 35.9 Å². The number of para-hydroxylation sites is 1. The minimum Gasteiger partial charge on any atom is -0.367 e. The predicted molar refractivity (Wildman–Crippen MR) is 114 cm³/mol. The monoisotopic (exact) mass is 426 g/mol. The Morgan fingerprint density at radius 1 is 0.967 bits per heavy atom. The number of aromatic nitrogens is 2. The second-order valence-corrected chi connectivity index (χ2v) is 7.48. The summed E-state index contributed by atoms with van der Waals surface area (Å²) in [5.74, 6) is -0.569. The zero-order valence-electron chi connectivity index (χ0n) is 16.2. The first-order valence-electron chi connectivity index (χ1n) is 9.62. The molecule has 1 aliphatic rings. The summed E-state index contributed by atoms with van der Waals surface area (Å²) in [5.41, 5.74) is 1.57. The third-order valence-electron chi connectivity index (χ3n) is 5.09. The molecule has 2 heterocycles. The second-order valence-electron chi connectivity index (χ2n) is 7.07. The van der Waals surface area contributed by atoms with Crippen LogP contribution in [0.4, 0.5) is 10.1 Å². The number of anilines is 1. The van der Waals surface area contributed by atoms with E-state index in [1.54, 1.807) is 17.0 Å². The van der Waals surface area contributed by atoms with E-state index in [2.05, 4.69) is 10.00 Å². The molecule has 2 aromatic carbocycles. The second kappa shape index (κ2) is 8.67. The molecule has 4 rings (SSSR count). The highest BCUT2D eigenvalue weighted by atomic mass is 35.5. The summed E-state index contributed by atoms with van der Waals surface area (Å²) in [6, 6.07) is 16.3. The topological polar surface area (TPSA) is 58.4 Å². The highest BCUT2D eigenvalue weighted by Gasteiger charge is 2.24. The van der Waals surface area contributed by atoms with E-state index in [9.17, 15) is 14.0 Å². The average Bonchev–Trinajstić information content (AvgIpc) is 2.77. The van der Waals surface area contributed by atoms with Crippen molar-refractivity contribution in [3.05, 3.63) is 93.1 Å². The van der Waals surface area contributed by atoms with Crippen molar-refractivity contribution < 1.29 is 9.18 Å². The molecule has 154 valence electrons. The van der Waals surface area contributed by atoms with Crippen molar-refractivity contribution in [2.24, 2.45) is 0 Å². The molecular formula is C22H20ClFN4O2. The summed E-state index contributed by atoms with van der Waals surface area (Å²) in [6.45, 7) is 2.54. The Balaban J connectivity index is 1.45. The lowest BCUT2D eigenvalue weighted by atomic mass is 10.2. The van der Waals surface area contributed by atoms with Crippen molar-refractivity contribution in [3.63, 3.8) is 0 Å². The van der Waals surface area contributed by atoms with Crippen molar-refractivity contribution in [2.45, 2.75) is 6.54 Å². The highest BCUT2D eigenvalue weighted by Crippen LogP contribution is 2.26. The molecule has 0 aliphatic carbocycles. The maximum Gasteiger partial charge on any atom is 0.274 e. The smallest absolute Gasteiger partial charge is 0.274 e. The van der Waals surface area contributed by atoms with Crippen LogP contribution in [-0.2, 0) is 6.54 Å². The number of amides is 1. The van der Waals surface area contributed by atoms with Gasteiger partial charge in [0.25, 0.3) is 11.5 Å². The molecule has 1 fully saturated rings. The van der Waals surface area contributed by atoms with Crippen LogP contribution in [-0.4, -0.2) is 46.8 Å². The largest absolute Gasteiger partial charge is 0.367 e. The maximum absolute atomic E-state index is 13.1. The molecule has 6 nitrogen and oxygen atoms in total. The molecular weight excluding hydrogens is 407 g/mol. The normalized spacial score (nSPS) is 14.1. The number of hydrogen-bond acceptors (Lipinski definition) is 4. The molecule has 1 aliphatic heterocycles. The first kappa shape index (κ1) is 20.1. The molecule has 0 radical (unpaired) electrons. The summed E-state index contributed by atoms with van der Waals surface area (Å²) in [5, 5.41) is 4.93. The van der Waals surface area contributed by atoms with Crippen LogP contribution in [0.15, 0.2) is 65.5 Å². The number of halogens is 2. The SMILES string of the molecule is O=C(c1ccc(=O)n(Cc2ccc(F)cc2)n1)N1CCN(c2ccccc2Cl)CC1. The minimum absolute atomic E-state index is 0.167. The van der Waals surface area contributed by atoms with E-state index in [1.165, 1.54) is 28.9 Å². The van der Waals surface area contributed by atoms with E-state index in [0.717, 1.165) is 11.3 Å². The van der Waals surface area contributed by atoms with E-state index >= 15 is 0 Å². The standard InChI is InChI=1S/C22H20ClFN4O2/c23-18-3-1-2-4-20(18)26-11-13-27(14-12-26)22(30)19-9-10-21(29)28(25-19)15-16-5-7-17(24)8-6-16/h1-10H,11-15H2. The molecule has 1 amide bonds. The van der Waals surface area contributed by atoms with Crippen molar-refractivity contribution in [1.82, 2.24) is 14.7 Å². The summed E-state index contributed by atoms with van der Waals surface area (Å²) < 4.78 is 14.3. The number of rotatable bonds is 4. The maximum atomic E-state index is 13.1. The number of nitrogens with zero attached hydrogens (tertiary/aromatic N) is 4. The van der Waals surface area contributed by atoms with Gasteiger partial charge in [0.1, 0.15) is 11.5 Å². The molecule has 0 atom stereocenters. The Bertz CT molecular complexity index is 1110. The number of carbonyl (C=O) groups excluding carboxylic acids is 1. The fraction of sp³-hybridized carbons (Fsp3) is 0.227. The van der Waals surface area contributed by atoms with E-state index in [4.69, 9.17) is 11.6 Å². The van der Waals surface area contributed by atoms with Gasteiger partial charge in [0.15, 0.2) is 0 Å². The lowest BCUT2D eigenvalue weighted by molar-refractivity contribution is 0.0738. The van der Waals surface area contributed by atoms with Crippen LogP contribution in [0.1, 0.15) is 16.1 Å². The quantitative estimate of drug-likeness (QED) is 0.643. The lowest BCUT2D eigenvalue weighted by Gasteiger charge is -2.36. The Hall–Kier alpha value is -3.19. The van der Waals surface area contributed by atoms with Gasteiger partial charge in [-0.15, -0.1) is 0 Å². The fourth-order valence-electron chi connectivity index (χ4n) is 3.46. The Morgan fingerprint density at radius 2 is 1.67 bits per heavy atom. The predicted octanol–water partition coefficient (Wildman–Crippen LogP) is 3.05. The van der Waals surface area contributed by atoms with Crippen LogP contribution in [0.2, 0.25) is 5.02 Å². The van der Waals surface area contributed by atoms with Crippen LogP contribution >= 0.6 is 11.6 Å². The van der Waals surface area contributed by atoms with Crippen molar-refractivity contribution in [2.75, 3.05) is 31.1 Å². The van der Waals surface area contributed by atoms with Gasteiger partial charge in [-0.2, -0.15) is 5.10 Å². The molecule has 0 spiro atoms. The van der Waals surface area contributed by atoms with Gasteiger partial charge in [-0.05, 0) is 35.9 Å². The number of hydrogen-bond donors (Lipinski definition) is 0. The van der Waals surface area contributed by atoms with Gasteiger partial charge in [0.05, 0.1) is 17.3 Å². The van der Waals surface area contributed by atoms with Crippen molar-refractivity contribution >= 4 is 23.2 Å². The summed E-state index contributed by atoms with van der Waals surface area (Å²) in [6.07, 6.45) is 0. The van der Waals surface area contributed by atoms with Gasteiger partial charge in [-0.25, -0.2) is 9.07 Å². The Labute approximate surface area is 178 Å². The zero-order chi connectivity index (χ0) is 21.1. The number of benzene rings is 2. The summed E-state index contributed by atoms with van der Waals surface area (Å²) >= 11 is 6.27. The Morgan fingerprint density at radius 3 is 2.37 bits per heavy atom. The molecule has 8 heteroatoms. The molecule has 1 aromatic heterocycles. The first-order valence-corrected chi connectivity index (χ1v) is 10.0. The third-order valence-corrected chi connectivity index (χ3v) is 5.41. The summed E-state index contributed by atoms with van der Waals surface area (Å²) in [7, 11) is 0. The van der Waals surface area contributed by atoms with Crippen LogP contribution in [0, 0.1) is 5.82 Å². The number of carbonyl (C=O) groups is 1. The molecule has 0 N–H and O–H groups in total. The van der Waals surface area contributed by atoms with E-state index < -0.39 is 0 Å². The van der Waals surface area contributed by atoms with Crippen LogP contribution < -0.4 is 10.5 Å². The van der Waals surface area contributed by atoms with Gasteiger partial charge in [0, 0.05) is 32.2 Å². The molecule has 1 saturated heterocycles. The van der Waals surface area contributed by atoms with Gasteiger partial charge < -0.3 is 9.80 Å². The van der Waals surface area contributed by atoms with Crippen LogP contribution in [0.3, 0.4) is 0 Å². The molecule has 3 aromatic rings. The highest BCUT2D eigenvalue weighted by molar-refractivity contribution is 6.33. The number of piperazine rings is 1. The van der Waals surface area contributed by atoms with E-state index in [0.29, 0.717) is 31.2 Å².